The molecule has 0 spiro atoms. The maximum absolute atomic E-state index is 10.6. The summed E-state index contributed by atoms with van der Waals surface area (Å²) in [4.78, 5) is 10.6. The third-order valence-electron chi connectivity index (χ3n) is 2.44. The van der Waals surface area contributed by atoms with Crippen LogP contribution in [0.1, 0.15) is 19.3 Å². The minimum Gasteiger partial charge on any atom is -0.481 e. The summed E-state index contributed by atoms with van der Waals surface area (Å²) in [7, 11) is 0. The van der Waals surface area contributed by atoms with Crippen molar-refractivity contribution in [1.29, 1.82) is 0 Å². The van der Waals surface area contributed by atoms with E-state index in [1.165, 1.54) is 0 Å². The fraction of sp³-hybridized carbons (Fsp3) is 0.857. The van der Waals surface area contributed by atoms with Gasteiger partial charge in [0, 0.05) is 12.6 Å². The average molecular weight is 141 g/mol. The molecule has 0 radical (unpaired) electrons. The van der Waals surface area contributed by atoms with E-state index in [9.17, 15) is 4.79 Å². The first-order chi connectivity index (χ1) is 4.73. The molecule has 3 nitrogen and oxygen atoms in total. The Morgan fingerprint density at radius 1 is 1.70 bits per heavy atom. The highest BCUT2D eigenvalue weighted by molar-refractivity contribution is 5.77. The van der Waals surface area contributed by atoms with E-state index in [2.05, 4.69) is 5.32 Å². The first kappa shape index (κ1) is 6.16. The molecule has 1 aliphatic carbocycles. The molecule has 56 valence electrons. The molecule has 2 rings (SSSR count). The summed E-state index contributed by atoms with van der Waals surface area (Å²) >= 11 is 0. The van der Waals surface area contributed by atoms with Gasteiger partial charge in [0.25, 0.3) is 0 Å². The van der Waals surface area contributed by atoms with Gasteiger partial charge < -0.3 is 10.4 Å². The van der Waals surface area contributed by atoms with Gasteiger partial charge in [0.15, 0.2) is 0 Å². The third-order valence-corrected chi connectivity index (χ3v) is 2.44. The van der Waals surface area contributed by atoms with Crippen molar-refractivity contribution in [3.8, 4) is 0 Å². The summed E-state index contributed by atoms with van der Waals surface area (Å²) in [6.45, 7) is 1.02. The Morgan fingerprint density at radius 2 is 2.30 bits per heavy atom. The number of hydrogen-bond acceptors (Lipinski definition) is 2. The van der Waals surface area contributed by atoms with E-state index in [1.807, 2.05) is 0 Å². The largest absolute Gasteiger partial charge is 0.481 e. The van der Waals surface area contributed by atoms with Gasteiger partial charge in [0.1, 0.15) is 0 Å². The highest BCUT2D eigenvalue weighted by atomic mass is 16.4. The lowest BCUT2D eigenvalue weighted by Crippen LogP contribution is -2.17. The minimum absolute atomic E-state index is 0.311. The number of carboxylic acid groups (broad SMARTS) is 1. The van der Waals surface area contributed by atoms with Gasteiger partial charge in [-0.05, 0) is 19.3 Å². The molecule has 0 aromatic rings. The third kappa shape index (κ3) is 0.904. The maximum atomic E-state index is 10.6. The molecule has 3 heteroatoms. The molecule has 1 saturated heterocycles. The zero-order chi connectivity index (χ0) is 7.19. The van der Waals surface area contributed by atoms with Crippen molar-refractivity contribution in [3.05, 3.63) is 0 Å². The predicted molar refractivity (Wildman–Crippen MR) is 35.7 cm³/mol. The molecular weight excluding hydrogens is 130 g/mol. The van der Waals surface area contributed by atoms with E-state index in [4.69, 9.17) is 5.11 Å². The summed E-state index contributed by atoms with van der Waals surface area (Å²) in [5.74, 6) is -0.596. The SMILES string of the molecule is O=C(O)C1(C[C@H]2CN2)CC1. The summed E-state index contributed by atoms with van der Waals surface area (Å²) in [5, 5.41) is 11.9. The molecular formula is C7H11NO2. The highest BCUT2D eigenvalue weighted by Crippen LogP contribution is 2.50. The van der Waals surface area contributed by atoms with Crippen molar-refractivity contribution in [2.24, 2.45) is 5.41 Å². The van der Waals surface area contributed by atoms with Crippen LogP contribution in [0.2, 0.25) is 0 Å². The molecule has 1 saturated carbocycles. The second-order valence-electron chi connectivity index (χ2n) is 3.39. The summed E-state index contributed by atoms with van der Waals surface area (Å²) in [6, 6.07) is 0.513. The van der Waals surface area contributed by atoms with Gasteiger partial charge in [-0.1, -0.05) is 0 Å². The normalized spacial score (nSPS) is 33.4. The molecule has 1 atom stereocenters. The molecule has 0 bridgehead atoms. The average Bonchev–Trinajstić information content (AvgIpc) is 2.65. The van der Waals surface area contributed by atoms with Crippen molar-refractivity contribution in [2.75, 3.05) is 6.54 Å². The van der Waals surface area contributed by atoms with Gasteiger partial charge in [0.05, 0.1) is 5.41 Å². The van der Waals surface area contributed by atoms with Crippen LogP contribution in [0.15, 0.2) is 0 Å². The Hall–Kier alpha value is -0.570. The van der Waals surface area contributed by atoms with E-state index in [-0.39, 0.29) is 5.41 Å². The van der Waals surface area contributed by atoms with Crippen molar-refractivity contribution < 1.29 is 9.90 Å². The van der Waals surface area contributed by atoms with E-state index < -0.39 is 5.97 Å². The number of carbonyl (C=O) groups is 1. The monoisotopic (exact) mass is 141 g/mol. The topological polar surface area (TPSA) is 59.2 Å². The van der Waals surface area contributed by atoms with Crippen LogP contribution in [0.25, 0.3) is 0 Å². The Labute approximate surface area is 59.4 Å². The second-order valence-corrected chi connectivity index (χ2v) is 3.39. The molecule has 10 heavy (non-hydrogen) atoms. The van der Waals surface area contributed by atoms with Gasteiger partial charge >= 0.3 is 5.97 Å². The molecule has 0 amide bonds. The van der Waals surface area contributed by atoms with Gasteiger partial charge in [-0.15, -0.1) is 0 Å². The van der Waals surface area contributed by atoms with Crippen molar-refractivity contribution >= 4 is 5.97 Å². The second kappa shape index (κ2) is 1.72. The van der Waals surface area contributed by atoms with E-state index >= 15 is 0 Å². The molecule has 0 aromatic heterocycles. The predicted octanol–water partition coefficient (Wildman–Crippen LogP) is 0.213. The molecule has 2 fully saturated rings. The van der Waals surface area contributed by atoms with Crippen LogP contribution in [0.3, 0.4) is 0 Å². The number of hydrogen-bond donors (Lipinski definition) is 2. The number of aliphatic carboxylic acids is 1. The molecule has 2 N–H and O–H groups in total. The van der Waals surface area contributed by atoms with Gasteiger partial charge in [-0.2, -0.15) is 0 Å². The Morgan fingerprint density at radius 3 is 2.60 bits per heavy atom. The quantitative estimate of drug-likeness (QED) is 0.552. The van der Waals surface area contributed by atoms with Crippen molar-refractivity contribution in [1.82, 2.24) is 5.32 Å². The van der Waals surface area contributed by atoms with Crippen LogP contribution in [-0.4, -0.2) is 23.7 Å². The highest BCUT2D eigenvalue weighted by Gasteiger charge is 2.52. The number of carboxylic acids is 1. The summed E-state index contributed by atoms with van der Waals surface area (Å²) < 4.78 is 0. The zero-order valence-corrected chi connectivity index (χ0v) is 5.76. The Bertz CT molecular complexity index is 170. The smallest absolute Gasteiger partial charge is 0.309 e. The maximum Gasteiger partial charge on any atom is 0.309 e. The van der Waals surface area contributed by atoms with Crippen LogP contribution in [0.4, 0.5) is 0 Å². The van der Waals surface area contributed by atoms with Crippen molar-refractivity contribution in [3.63, 3.8) is 0 Å². The lowest BCUT2D eigenvalue weighted by atomic mass is 10.0. The number of rotatable bonds is 3. The summed E-state index contributed by atoms with van der Waals surface area (Å²) in [6.07, 6.45) is 2.63. The van der Waals surface area contributed by atoms with Crippen LogP contribution in [0.5, 0.6) is 0 Å². The number of nitrogens with one attached hydrogen (secondary N) is 1. The van der Waals surface area contributed by atoms with Crippen molar-refractivity contribution in [2.45, 2.75) is 25.3 Å². The first-order valence-electron chi connectivity index (χ1n) is 3.70. The Kier molecular flexibility index (Phi) is 1.06. The lowest BCUT2D eigenvalue weighted by molar-refractivity contribution is -0.143. The fourth-order valence-electron chi connectivity index (χ4n) is 1.36. The van der Waals surface area contributed by atoms with E-state index in [0.29, 0.717) is 6.04 Å². The first-order valence-corrected chi connectivity index (χ1v) is 3.70. The van der Waals surface area contributed by atoms with Crippen LogP contribution in [0, 0.1) is 5.41 Å². The van der Waals surface area contributed by atoms with Gasteiger partial charge in [-0.25, -0.2) is 0 Å². The molecule has 0 unspecified atom stereocenters. The zero-order valence-electron chi connectivity index (χ0n) is 5.76. The van der Waals surface area contributed by atoms with Gasteiger partial charge in [-0.3, -0.25) is 4.79 Å². The van der Waals surface area contributed by atoms with Crippen LogP contribution >= 0.6 is 0 Å². The minimum atomic E-state index is -0.596. The van der Waals surface area contributed by atoms with Gasteiger partial charge in [0.2, 0.25) is 0 Å². The van der Waals surface area contributed by atoms with Crippen LogP contribution < -0.4 is 5.32 Å². The molecule has 2 aliphatic rings. The summed E-state index contributed by atoms with van der Waals surface area (Å²) in [5.41, 5.74) is -0.311. The van der Waals surface area contributed by atoms with E-state index in [0.717, 1.165) is 25.8 Å². The fourth-order valence-corrected chi connectivity index (χ4v) is 1.36. The molecule has 0 aromatic carbocycles. The standard InChI is InChI=1S/C7H11NO2/c9-6(10)7(1-2-7)3-5-4-8-5/h5,8H,1-4H2,(H,9,10)/t5-/m0/s1. The molecule has 1 aliphatic heterocycles. The van der Waals surface area contributed by atoms with Crippen LogP contribution in [-0.2, 0) is 4.79 Å². The van der Waals surface area contributed by atoms with E-state index in [1.54, 1.807) is 0 Å². The lowest BCUT2D eigenvalue weighted by Gasteiger charge is -2.05. The Balaban J connectivity index is 1.93. The molecule has 1 heterocycles.